The Morgan fingerprint density at radius 1 is 1.04 bits per heavy atom. The summed E-state index contributed by atoms with van der Waals surface area (Å²) < 4.78 is 5.12. The maximum Gasteiger partial charge on any atom is 0.251 e. The molecule has 2 fully saturated rings. The molecule has 0 radical (unpaired) electrons. The van der Waals surface area contributed by atoms with Gasteiger partial charge >= 0.3 is 0 Å². The Labute approximate surface area is 162 Å². The SMILES string of the molecule is COc1ccc(C(=O)NC(C(=O)NC(C)C2CC3CCC2C3)C(C)C)cc1. The molecule has 1 aromatic rings. The van der Waals surface area contributed by atoms with Crippen molar-refractivity contribution in [3.05, 3.63) is 29.8 Å². The minimum atomic E-state index is -0.541. The number of fused-ring (bicyclic) bond motifs is 2. The van der Waals surface area contributed by atoms with E-state index in [-0.39, 0.29) is 23.8 Å². The van der Waals surface area contributed by atoms with Crippen LogP contribution < -0.4 is 15.4 Å². The Kier molecular flexibility index (Phi) is 6.08. The van der Waals surface area contributed by atoms with Crippen molar-refractivity contribution in [3.63, 3.8) is 0 Å². The number of methoxy groups -OCH3 is 1. The summed E-state index contributed by atoms with van der Waals surface area (Å²) in [7, 11) is 1.59. The normalized spacial score (nSPS) is 25.9. The first-order valence-corrected chi connectivity index (χ1v) is 10.1. The Balaban J connectivity index is 1.60. The van der Waals surface area contributed by atoms with Gasteiger partial charge in [0, 0.05) is 11.6 Å². The molecule has 2 bridgehead atoms. The standard InChI is InChI=1S/C22H32N2O3/c1-13(2)20(24-21(25)16-7-9-18(27-4)10-8-16)22(26)23-14(3)19-12-15-5-6-17(19)11-15/h7-10,13-15,17,19-20H,5-6,11-12H2,1-4H3,(H,23,26)(H,24,25). The van der Waals surface area contributed by atoms with Crippen molar-refractivity contribution >= 4 is 11.8 Å². The Bertz CT molecular complexity index is 671. The van der Waals surface area contributed by atoms with E-state index in [1.807, 2.05) is 13.8 Å². The second-order valence-electron chi connectivity index (χ2n) is 8.56. The smallest absolute Gasteiger partial charge is 0.251 e. The predicted molar refractivity (Wildman–Crippen MR) is 106 cm³/mol. The molecule has 2 amide bonds. The van der Waals surface area contributed by atoms with Gasteiger partial charge in [-0.1, -0.05) is 20.3 Å². The summed E-state index contributed by atoms with van der Waals surface area (Å²) in [6, 6.07) is 6.53. The van der Waals surface area contributed by atoms with Crippen molar-refractivity contribution in [2.75, 3.05) is 7.11 Å². The van der Waals surface area contributed by atoms with Crippen molar-refractivity contribution in [1.82, 2.24) is 10.6 Å². The fourth-order valence-corrected chi connectivity index (χ4v) is 4.83. The molecule has 0 aromatic heterocycles. The molecule has 5 nitrogen and oxygen atoms in total. The van der Waals surface area contributed by atoms with Crippen LogP contribution in [0.2, 0.25) is 0 Å². The van der Waals surface area contributed by atoms with Crippen LogP contribution in [-0.2, 0) is 4.79 Å². The van der Waals surface area contributed by atoms with E-state index in [0.717, 1.165) is 11.8 Å². The highest BCUT2D eigenvalue weighted by atomic mass is 16.5. The highest BCUT2D eigenvalue weighted by Gasteiger charge is 2.42. The summed E-state index contributed by atoms with van der Waals surface area (Å²) in [5.74, 6) is 2.59. The van der Waals surface area contributed by atoms with E-state index in [0.29, 0.717) is 17.2 Å². The van der Waals surface area contributed by atoms with Gasteiger partial charge in [0.25, 0.3) is 5.91 Å². The van der Waals surface area contributed by atoms with Crippen LogP contribution in [-0.4, -0.2) is 31.0 Å². The molecule has 2 N–H and O–H groups in total. The fourth-order valence-electron chi connectivity index (χ4n) is 4.83. The van der Waals surface area contributed by atoms with Gasteiger partial charge in [0.2, 0.25) is 5.91 Å². The molecule has 148 valence electrons. The van der Waals surface area contributed by atoms with Crippen LogP contribution in [0, 0.1) is 23.7 Å². The van der Waals surface area contributed by atoms with Crippen LogP contribution in [0.25, 0.3) is 0 Å². The molecule has 5 heteroatoms. The second-order valence-corrected chi connectivity index (χ2v) is 8.56. The lowest BCUT2D eigenvalue weighted by molar-refractivity contribution is -0.125. The summed E-state index contributed by atoms with van der Waals surface area (Å²) in [6.07, 6.45) is 5.22. The number of ether oxygens (including phenoxy) is 1. The Morgan fingerprint density at radius 2 is 1.74 bits per heavy atom. The van der Waals surface area contributed by atoms with Gasteiger partial charge in [0.1, 0.15) is 11.8 Å². The summed E-state index contributed by atoms with van der Waals surface area (Å²) >= 11 is 0. The van der Waals surface area contributed by atoms with E-state index in [2.05, 4.69) is 17.6 Å². The van der Waals surface area contributed by atoms with Gasteiger partial charge in [0.15, 0.2) is 0 Å². The zero-order valence-corrected chi connectivity index (χ0v) is 16.8. The highest BCUT2D eigenvalue weighted by Crippen LogP contribution is 2.49. The van der Waals surface area contributed by atoms with Crippen LogP contribution in [0.15, 0.2) is 24.3 Å². The van der Waals surface area contributed by atoms with Gasteiger partial charge in [-0.25, -0.2) is 0 Å². The van der Waals surface area contributed by atoms with Crippen molar-refractivity contribution in [2.45, 2.75) is 58.5 Å². The van der Waals surface area contributed by atoms with Crippen LogP contribution in [0.3, 0.4) is 0 Å². The third-order valence-corrected chi connectivity index (χ3v) is 6.39. The van der Waals surface area contributed by atoms with Gasteiger partial charge in [-0.15, -0.1) is 0 Å². The van der Waals surface area contributed by atoms with Crippen molar-refractivity contribution < 1.29 is 14.3 Å². The summed E-state index contributed by atoms with van der Waals surface area (Å²) in [5, 5.41) is 6.10. The number of hydrogen-bond acceptors (Lipinski definition) is 3. The molecule has 0 spiro atoms. The summed E-state index contributed by atoms with van der Waals surface area (Å²) in [4.78, 5) is 25.5. The number of carbonyl (C=O) groups is 2. The number of amides is 2. The molecule has 27 heavy (non-hydrogen) atoms. The first-order chi connectivity index (χ1) is 12.9. The molecule has 2 aliphatic rings. The lowest BCUT2D eigenvalue weighted by atomic mass is 9.84. The molecular formula is C22H32N2O3. The summed E-state index contributed by atoms with van der Waals surface area (Å²) in [6.45, 7) is 6.04. The quantitative estimate of drug-likeness (QED) is 0.771. The van der Waals surface area contributed by atoms with E-state index in [1.165, 1.54) is 25.7 Å². The molecule has 0 saturated heterocycles. The molecule has 2 aliphatic carbocycles. The van der Waals surface area contributed by atoms with Crippen LogP contribution >= 0.6 is 0 Å². The van der Waals surface area contributed by atoms with E-state index in [9.17, 15) is 9.59 Å². The average Bonchev–Trinajstić information content (AvgIpc) is 3.29. The van der Waals surface area contributed by atoms with E-state index >= 15 is 0 Å². The maximum atomic E-state index is 12.9. The van der Waals surface area contributed by atoms with Crippen molar-refractivity contribution in [3.8, 4) is 5.75 Å². The van der Waals surface area contributed by atoms with Gasteiger partial charge in [-0.3, -0.25) is 9.59 Å². The zero-order chi connectivity index (χ0) is 19.6. The lowest BCUT2D eigenvalue weighted by Gasteiger charge is -2.31. The molecule has 3 rings (SSSR count). The third kappa shape index (κ3) is 4.45. The van der Waals surface area contributed by atoms with Crippen molar-refractivity contribution in [2.24, 2.45) is 23.7 Å². The van der Waals surface area contributed by atoms with Gasteiger partial charge < -0.3 is 15.4 Å². The number of rotatable bonds is 7. The lowest BCUT2D eigenvalue weighted by Crippen LogP contribution is -2.53. The number of benzene rings is 1. The Hall–Kier alpha value is -2.04. The topological polar surface area (TPSA) is 67.4 Å². The molecular weight excluding hydrogens is 340 g/mol. The number of carbonyl (C=O) groups excluding carboxylic acids is 2. The first-order valence-electron chi connectivity index (χ1n) is 10.1. The summed E-state index contributed by atoms with van der Waals surface area (Å²) in [5.41, 5.74) is 0.524. The van der Waals surface area contributed by atoms with E-state index in [1.54, 1.807) is 31.4 Å². The average molecular weight is 373 g/mol. The largest absolute Gasteiger partial charge is 0.497 e. The monoisotopic (exact) mass is 372 g/mol. The van der Waals surface area contributed by atoms with Crippen molar-refractivity contribution in [1.29, 1.82) is 0 Å². The molecule has 5 atom stereocenters. The van der Waals surface area contributed by atoms with Gasteiger partial charge in [0.05, 0.1) is 7.11 Å². The van der Waals surface area contributed by atoms with Crippen LogP contribution in [0.5, 0.6) is 5.75 Å². The van der Waals surface area contributed by atoms with Gasteiger partial charge in [-0.05, 0) is 74.1 Å². The third-order valence-electron chi connectivity index (χ3n) is 6.39. The maximum absolute atomic E-state index is 12.9. The molecule has 5 unspecified atom stereocenters. The molecule has 0 heterocycles. The molecule has 1 aromatic carbocycles. The minimum Gasteiger partial charge on any atom is -0.497 e. The zero-order valence-electron chi connectivity index (χ0n) is 16.8. The van der Waals surface area contributed by atoms with Crippen LogP contribution in [0.4, 0.5) is 0 Å². The molecule has 0 aliphatic heterocycles. The number of nitrogens with one attached hydrogen (secondary N) is 2. The first kappa shape index (κ1) is 19.7. The minimum absolute atomic E-state index is 0.0134. The Morgan fingerprint density at radius 3 is 2.26 bits per heavy atom. The van der Waals surface area contributed by atoms with E-state index in [4.69, 9.17) is 4.74 Å². The number of hydrogen-bond donors (Lipinski definition) is 2. The molecule has 2 saturated carbocycles. The highest BCUT2D eigenvalue weighted by molar-refractivity contribution is 5.97. The predicted octanol–water partition coefficient (Wildman–Crippen LogP) is 3.39. The fraction of sp³-hybridized carbons (Fsp3) is 0.636. The van der Waals surface area contributed by atoms with Gasteiger partial charge in [-0.2, -0.15) is 0 Å². The van der Waals surface area contributed by atoms with Crippen LogP contribution in [0.1, 0.15) is 56.8 Å². The van der Waals surface area contributed by atoms with E-state index < -0.39 is 6.04 Å². The second kappa shape index (κ2) is 8.32.